The second kappa shape index (κ2) is 5.51. The normalized spacial score (nSPS) is 28.9. The highest BCUT2D eigenvalue weighted by molar-refractivity contribution is 7.71. The Labute approximate surface area is 150 Å². The third-order valence-electron chi connectivity index (χ3n) is 6.15. The Hall–Kier alpha value is -1.99. The number of amides is 1. The van der Waals surface area contributed by atoms with Gasteiger partial charge in [-0.3, -0.25) is 4.79 Å². The summed E-state index contributed by atoms with van der Waals surface area (Å²) in [5, 5.41) is 9.87. The zero-order chi connectivity index (χ0) is 17.0. The van der Waals surface area contributed by atoms with Crippen molar-refractivity contribution in [2.45, 2.75) is 37.8 Å². The SMILES string of the molecule is O=C(N[C@@H]1[C@H]2CCO[C@H]2C12CCC2)c1ccc(-c2n[nH]c(=S)o2)cc1. The molecule has 0 unspecified atom stereocenters. The van der Waals surface area contributed by atoms with Gasteiger partial charge in [0.25, 0.3) is 10.7 Å². The molecule has 1 amide bonds. The van der Waals surface area contributed by atoms with Crippen LogP contribution in [0.4, 0.5) is 0 Å². The highest BCUT2D eigenvalue weighted by Crippen LogP contribution is 2.62. The van der Waals surface area contributed by atoms with Crippen molar-refractivity contribution in [3.8, 4) is 11.5 Å². The molecule has 0 bridgehead atoms. The van der Waals surface area contributed by atoms with Gasteiger partial charge in [-0.05, 0) is 55.7 Å². The van der Waals surface area contributed by atoms with Crippen LogP contribution in [0.3, 0.4) is 0 Å². The van der Waals surface area contributed by atoms with Crippen LogP contribution >= 0.6 is 12.2 Å². The van der Waals surface area contributed by atoms with Crippen LogP contribution in [-0.2, 0) is 4.74 Å². The Morgan fingerprint density at radius 3 is 2.76 bits per heavy atom. The van der Waals surface area contributed by atoms with Crippen molar-refractivity contribution in [3.63, 3.8) is 0 Å². The van der Waals surface area contributed by atoms with Gasteiger partial charge in [0.15, 0.2) is 0 Å². The van der Waals surface area contributed by atoms with Crippen molar-refractivity contribution in [3.05, 3.63) is 34.7 Å². The molecule has 130 valence electrons. The van der Waals surface area contributed by atoms with E-state index in [1.54, 1.807) is 12.1 Å². The first-order valence-electron chi connectivity index (χ1n) is 8.76. The van der Waals surface area contributed by atoms with Crippen molar-refractivity contribution in [2.75, 3.05) is 6.61 Å². The van der Waals surface area contributed by atoms with E-state index < -0.39 is 0 Å². The molecule has 0 radical (unpaired) electrons. The average Bonchev–Trinajstić information content (AvgIpc) is 3.19. The van der Waals surface area contributed by atoms with E-state index in [0.29, 0.717) is 23.5 Å². The molecule has 3 aliphatic rings. The lowest BCUT2D eigenvalue weighted by molar-refractivity contribution is -0.172. The van der Waals surface area contributed by atoms with Crippen LogP contribution in [0.1, 0.15) is 36.0 Å². The number of hydrogen-bond donors (Lipinski definition) is 2. The number of ether oxygens (including phenoxy) is 1. The standard InChI is InChI=1S/C18H19N3O3S/c22-15(10-2-4-11(5-3-10)16-20-21-17(25)24-16)19-13-12-6-9-23-14(12)18(13)7-1-8-18/h2-5,12-14H,1,6-9H2,(H,19,22)(H,21,25)/t12-,13-,14-/m1/s1. The lowest BCUT2D eigenvalue weighted by Gasteiger charge is -2.63. The van der Waals surface area contributed by atoms with Gasteiger partial charge in [0, 0.05) is 35.1 Å². The lowest BCUT2D eigenvalue weighted by Crippen LogP contribution is -2.71. The molecule has 1 saturated heterocycles. The molecule has 3 fully saturated rings. The first-order valence-corrected chi connectivity index (χ1v) is 9.17. The Bertz CT molecular complexity index is 868. The van der Waals surface area contributed by atoms with Crippen LogP contribution in [0, 0.1) is 16.2 Å². The molecule has 25 heavy (non-hydrogen) atoms. The van der Waals surface area contributed by atoms with E-state index >= 15 is 0 Å². The van der Waals surface area contributed by atoms with Gasteiger partial charge in [0.1, 0.15) is 0 Å². The molecule has 1 aliphatic heterocycles. The van der Waals surface area contributed by atoms with E-state index in [2.05, 4.69) is 15.5 Å². The summed E-state index contributed by atoms with van der Waals surface area (Å²) < 4.78 is 11.2. The van der Waals surface area contributed by atoms with Gasteiger partial charge in [0.05, 0.1) is 6.10 Å². The minimum absolute atomic E-state index is 0.0175. The molecule has 3 atom stereocenters. The highest BCUT2D eigenvalue weighted by Gasteiger charge is 2.66. The van der Waals surface area contributed by atoms with Crippen molar-refractivity contribution in [1.82, 2.24) is 15.5 Å². The van der Waals surface area contributed by atoms with Gasteiger partial charge in [0.2, 0.25) is 5.89 Å². The third-order valence-corrected chi connectivity index (χ3v) is 6.33. The number of aromatic amines is 1. The van der Waals surface area contributed by atoms with E-state index in [9.17, 15) is 4.79 Å². The summed E-state index contributed by atoms with van der Waals surface area (Å²) in [5.74, 6) is 0.892. The maximum atomic E-state index is 12.7. The summed E-state index contributed by atoms with van der Waals surface area (Å²) in [5.41, 5.74) is 1.63. The highest BCUT2D eigenvalue weighted by atomic mass is 32.1. The minimum Gasteiger partial charge on any atom is -0.409 e. The van der Waals surface area contributed by atoms with Crippen LogP contribution in [0.5, 0.6) is 0 Å². The van der Waals surface area contributed by atoms with Gasteiger partial charge in [-0.1, -0.05) is 6.42 Å². The number of aromatic nitrogens is 2. The van der Waals surface area contributed by atoms with Gasteiger partial charge < -0.3 is 14.5 Å². The van der Waals surface area contributed by atoms with Crippen LogP contribution in [-0.4, -0.2) is 34.9 Å². The summed E-state index contributed by atoms with van der Waals surface area (Å²) in [6, 6.07) is 7.50. The van der Waals surface area contributed by atoms with E-state index in [0.717, 1.165) is 18.6 Å². The molecule has 1 aromatic heterocycles. The van der Waals surface area contributed by atoms with E-state index in [1.165, 1.54) is 19.3 Å². The third kappa shape index (κ3) is 2.22. The molecular formula is C18H19N3O3S. The van der Waals surface area contributed by atoms with Crippen LogP contribution < -0.4 is 5.32 Å². The van der Waals surface area contributed by atoms with E-state index in [4.69, 9.17) is 21.4 Å². The number of rotatable bonds is 3. The molecule has 2 heterocycles. The second-order valence-corrected chi connectivity index (χ2v) is 7.65. The summed E-state index contributed by atoms with van der Waals surface area (Å²) in [4.78, 5) is 12.9. The van der Waals surface area contributed by atoms with Crippen molar-refractivity contribution >= 4 is 18.1 Å². The molecule has 6 nitrogen and oxygen atoms in total. The Kier molecular flexibility index (Phi) is 3.36. The number of benzene rings is 1. The zero-order valence-corrected chi connectivity index (χ0v) is 14.5. The molecule has 2 N–H and O–H groups in total. The number of fused-ring (bicyclic) bond motifs is 2. The fourth-order valence-electron chi connectivity index (χ4n) is 4.80. The second-order valence-electron chi connectivity index (χ2n) is 7.28. The lowest BCUT2D eigenvalue weighted by atomic mass is 9.46. The molecule has 5 rings (SSSR count). The van der Waals surface area contributed by atoms with Gasteiger partial charge >= 0.3 is 0 Å². The molecule has 2 saturated carbocycles. The average molecular weight is 357 g/mol. The minimum atomic E-state index is -0.0175. The smallest absolute Gasteiger partial charge is 0.284 e. The van der Waals surface area contributed by atoms with Crippen LogP contribution in [0.2, 0.25) is 0 Å². The zero-order valence-electron chi connectivity index (χ0n) is 13.7. The number of H-pyrrole nitrogens is 1. The maximum absolute atomic E-state index is 12.7. The largest absolute Gasteiger partial charge is 0.409 e. The molecule has 1 aromatic carbocycles. The van der Waals surface area contributed by atoms with E-state index in [1.807, 2.05) is 12.1 Å². The van der Waals surface area contributed by atoms with Crippen molar-refractivity contribution < 1.29 is 13.9 Å². The van der Waals surface area contributed by atoms with Gasteiger partial charge in [-0.2, -0.15) is 0 Å². The topological polar surface area (TPSA) is 80.1 Å². The fraction of sp³-hybridized carbons (Fsp3) is 0.500. The predicted molar refractivity (Wildman–Crippen MR) is 92.5 cm³/mol. The molecule has 7 heteroatoms. The van der Waals surface area contributed by atoms with Crippen LogP contribution in [0.25, 0.3) is 11.5 Å². The predicted octanol–water partition coefficient (Wildman–Crippen LogP) is 3.09. The molecule has 2 aromatic rings. The Morgan fingerprint density at radius 1 is 1.32 bits per heavy atom. The van der Waals surface area contributed by atoms with Crippen LogP contribution in [0.15, 0.2) is 28.7 Å². The Balaban J connectivity index is 1.32. The van der Waals surface area contributed by atoms with E-state index in [-0.39, 0.29) is 22.2 Å². The number of nitrogens with one attached hydrogen (secondary N) is 2. The number of carbonyl (C=O) groups excluding carboxylic acids is 1. The van der Waals surface area contributed by atoms with Gasteiger partial charge in [-0.25, -0.2) is 5.10 Å². The Morgan fingerprint density at radius 2 is 2.12 bits per heavy atom. The number of carbonyl (C=O) groups is 1. The first-order chi connectivity index (χ1) is 12.2. The monoisotopic (exact) mass is 357 g/mol. The summed E-state index contributed by atoms with van der Waals surface area (Å²) in [7, 11) is 0. The van der Waals surface area contributed by atoms with Gasteiger partial charge in [-0.15, -0.1) is 5.10 Å². The van der Waals surface area contributed by atoms with Crippen molar-refractivity contribution in [1.29, 1.82) is 0 Å². The maximum Gasteiger partial charge on any atom is 0.284 e. The summed E-state index contributed by atoms with van der Waals surface area (Å²) in [6.45, 7) is 0.830. The molecule has 1 spiro atoms. The number of nitrogens with zero attached hydrogens (tertiary/aromatic N) is 1. The summed E-state index contributed by atoms with van der Waals surface area (Å²) >= 11 is 4.88. The summed E-state index contributed by atoms with van der Waals surface area (Å²) in [6.07, 6.45) is 5.00. The first kappa shape index (κ1) is 15.3. The fourth-order valence-corrected chi connectivity index (χ4v) is 4.92. The van der Waals surface area contributed by atoms with Crippen molar-refractivity contribution in [2.24, 2.45) is 11.3 Å². The molecule has 2 aliphatic carbocycles. The number of hydrogen-bond acceptors (Lipinski definition) is 5. The molecular weight excluding hydrogens is 338 g/mol. The quantitative estimate of drug-likeness (QED) is 0.825.